The molecule has 0 saturated carbocycles. The van der Waals surface area contributed by atoms with Crippen LogP contribution in [0.4, 0.5) is 13.2 Å². The van der Waals surface area contributed by atoms with Gasteiger partial charge in [0.15, 0.2) is 5.69 Å². The molecule has 0 radical (unpaired) electrons. The molecule has 4 rings (SSSR count). The summed E-state index contributed by atoms with van der Waals surface area (Å²) in [6, 6.07) is 14.4. The molecule has 0 aliphatic carbocycles. The van der Waals surface area contributed by atoms with Gasteiger partial charge in [-0.25, -0.2) is 4.68 Å². The summed E-state index contributed by atoms with van der Waals surface area (Å²) in [5.74, 6) is -0.507. The van der Waals surface area contributed by atoms with Crippen molar-refractivity contribution < 1.29 is 18.0 Å². The van der Waals surface area contributed by atoms with Crippen molar-refractivity contribution >= 4 is 29.1 Å². The Morgan fingerprint density at radius 2 is 1.87 bits per heavy atom. The van der Waals surface area contributed by atoms with E-state index in [4.69, 9.17) is 23.2 Å². The summed E-state index contributed by atoms with van der Waals surface area (Å²) in [5, 5.41) is 4.46. The number of para-hydroxylation sites is 1. The van der Waals surface area contributed by atoms with E-state index in [1.54, 1.807) is 23.1 Å². The number of benzene rings is 2. The minimum atomic E-state index is -4.69. The van der Waals surface area contributed by atoms with E-state index in [1.165, 1.54) is 12.1 Å². The van der Waals surface area contributed by atoms with Crippen LogP contribution in [0, 0.1) is 0 Å². The molecule has 1 saturated heterocycles. The molecule has 1 amide bonds. The smallest absolute Gasteiger partial charge is 0.334 e. The Balaban J connectivity index is 1.70. The molecule has 162 valence electrons. The van der Waals surface area contributed by atoms with E-state index in [0.29, 0.717) is 18.0 Å². The van der Waals surface area contributed by atoms with Gasteiger partial charge in [0.25, 0.3) is 5.91 Å². The number of likely N-dealkylation sites (tertiary alicyclic amines) is 1. The zero-order valence-corrected chi connectivity index (χ0v) is 17.8. The summed E-state index contributed by atoms with van der Waals surface area (Å²) >= 11 is 12.3. The molecular formula is C22H18Cl2F3N3O. The van der Waals surface area contributed by atoms with Gasteiger partial charge in [0.05, 0.1) is 10.7 Å². The Bertz CT molecular complexity index is 1110. The van der Waals surface area contributed by atoms with Crippen LogP contribution in [-0.2, 0) is 12.6 Å². The third-order valence-electron chi connectivity index (χ3n) is 5.30. The Morgan fingerprint density at radius 3 is 2.58 bits per heavy atom. The number of hydrogen-bond acceptors (Lipinski definition) is 2. The molecule has 4 nitrogen and oxygen atoms in total. The Labute approximate surface area is 187 Å². The molecule has 1 fully saturated rings. The van der Waals surface area contributed by atoms with Gasteiger partial charge < -0.3 is 4.90 Å². The molecule has 1 aromatic heterocycles. The topological polar surface area (TPSA) is 38.1 Å². The van der Waals surface area contributed by atoms with Gasteiger partial charge in [-0.1, -0.05) is 47.5 Å². The average Bonchev–Trinajstić information content (AvgIpc) is 3.35. The molecule has 1 aliphatic heterocycles. The van der Waals surface area contributed by atoms with Gasteiger partial charge in [0, 0.05) is 23.7 Å². The fourth-order valence-electron chi connectivity index (χ4n) is 3.88. The number of rotatable bonds is 4. The second-order valence-electron chi connectivity index (χ2n) is 7.40. The van der Waals surface area contributed by atoms with Crippen LogP contribution < -0.4 is 0 Å². The molecule has 0 N–H and O–H groups in total. The minimum absolute atomic E-state index is 0.144. The molecule has 9 heteroatoms. The quantitative estimate of drug-likeness (QED) is 0.468. The van der Waals surface area contributed by atoms with Crippen molar-refractivity contribution in [3.63, 3.8) is 0 Å². The lowest BCUT2D eigenvalue weighted by Gasteiger charge is -2.25. The molecule has 31 heavy (non-hydrogen) atoms. The minimum Gasteiger partial charge on any atom is -0.334 e. The van der Waals surface area contributed by atoms with Crippen LogP contribution in [0.25, 0.3) is 5.69 Å². The Kier molecular flexibility index (Phi) is 5.99. The van der Waals surface area contributed by atoms with Crippen LogP contribution in [0.3, 0.4) is 0 Å². The maximum absolute atomic E-state index is 13.4. The lowest BCUT2D eigenvalue weighted by molar-refractivity contribution is -0.141. The summed E-state index contributed by atoms with van der Waals surface area (Å²) in [7, 11) is 0. The van der Waals surface area contributed by atoms with Crippen LogP contribution in [0.5, 0.6) is 0 Å². The van der Waals surface area contributed by atoms with E-state index in [1.807, 2.05) is 18.2 Å². The summed E-state index contributed by atoms with van der Waals surface area (Å²) in [6.07, 6.45) is -2.60. The molecule has 0 spiro atoms. The number of halogens is 5. The maximum atomic E-state index is 13.4. The second-order valence-corrected chi connectivity index (χ2v) is 8.25. The zero-order valence-electron chi connectivity index (χ0n) is 16.2. The fourth-order valence-corrected chi connectivity index (χ4v) is 4.31. The first kappa shape index (κ1) is 21.7. The molecule has 0 bridgehead atoms. The average molecular weight is 468 g/mol. The van der Waals surface area contributed by atoms with E-state index in [0.717, 1.165) is 29.2 Å². The molecule has 2 aromatic carbocycles. The van der Waals surface area contributed by atoms with Crippen LogP contribution in [0.15, 0.2) is 54.6 Å². The summed E-state index contributed by atoms with van der Waals surface area (Å²) in [5.41, 5.74) is -0.124. The largest absolute Gasteiger partial charge is 0.435 e. The van der Waals surface area contributed by atoms with Crippen molar-refractivity contribution in [2.75, 3.05) is 6.54 Å². The number of nitrogens with zero attached hydrogens (tertiary/aromatic N) is 3. The van der Waals surface area contributed by atoms with Crippen molar-refractivity contribution in [2.24, 2.45) is 0 Å². The number of hydrogen-bond donors (Lipinski definition) is 0. The monoisotopic (exact) mass is 467 g/mol. The molecule has 2 heterocycles. The standard InChI is InChI=1S/C22H18Cl2F3N3O/c23-15-6-3-5-14(11-15)12-16-7-4-10-29(16)21(31)19-13-20(22(25,26)27)28-30(19)18-9-2-1-8-17(18)24/h1-3,5-6,8-9,11,13,16H,4,7,10,12H2. The van der Waals surface area contributed by atoms with Crippen LogP contribution in [0.2, 0.25) is 10.0 Å². The number of carbonyl (C=O) groups is 1. The molecule has 1 unspecified atom stereocenters. The lowest BCUT2D eigenvalue weighted by atomic mass is 10.0. The number of alkyl halides is 3. The van der Waals surface area contributed by atoms with Gasteiger partial charge in [-0.15, -0.1) is 0 Å². The molecule has 1 aliphatic rings. The predicted molar refractivity (Wildman–Crippen MR) is 113 cm³/mol. The normalized spacial score (nSPS) is 16.7. The molecule has 3 aromatic rings. The van der Waals surface area contributed by atoms with Crippen molar-refractivity contribution in [2.45, 2.75) is 31.5 Å². The van der Waals surface area contributed by atoms with Crippen LogP contribution >= 0.6 is 23.2 Å². The van der Waals surface area contributed by atoms with E-state index in [9.17, 15) is 18.0 Å². The highest BCUT2D eigenvalue weighted by molar-refractivity contribution is 6.32. The van der Waals surface area contributed by atoms with Gasteiger partial charge in [-0.2, -0.15) is 18.3 Å². The Hall–Kier alpha value is -2.51. The van der Waals surface area contributed by atoms with Crippen LogP contribution in [0.1, 0.15) is 34.6 Å². The van der Waals surface area contributed by atoms with E-state index >= 15 is 0 Å². The van der Waals surface area contributed by atoms with Gasteiger partial charge in [-0.05, 0) is 49.1 Å². The number of aromatic nitrogens is 2. The molecule has 1 atom stereocenters. The summed E-state index contributed by atoms with van der Waals surface area (Å²) in [6.45, 7) is 0.457. The molecular weight excluding hydrogens is 450 g/mol. The summed E-state index contributed by atoms with van der Waals surface area (Å²) in [4.78, 5) is 15.0. The highest BCUT2D eigenvalue weighted by atomic mass is 35.5. The van der Waals surface area contributed by atoms with Crippen molar-refractivity contribution in [3.05, 3.63) is 81.6 Å². The van der Waals surface area contributed by atoms with E-state index in [-0.39, 0.29) is 22.4 Å². The van der Waals surface area contributed by atoms with Crippen molar-refractivity contribution in [1.82, 2.24) is 14.7 Å². The Morgan fingerprint density at radius 1 is 1.10 bits per heavy atom. The maximum Gasteiger partial charge on any atom is 0.435 e. The highest BCUT2D eigenvalue weighted by Gasteiger charge is 2.38. The van der Waals surface area contributed by atoms with Gasteiger partial charge >= 0.3 is 6.18 Å². The SMILES string of the molecule is O=C(c1cc(C(F)(F)F)nn1-c1ccccc1Cl)N1CCCC1Cc1cccc(Cl)c1. The first-order valence-electron chi connectivity index (χ1n) is 9.71. The zero-order chi connectivity index (χ0) is 22.2. The third-order valence-corrected chi connectivity index (χ3v) is 5.85. The van der Waals surface area contributed by atoms with Crippen molar-refractivity contribution in [1.29, 1.82) is 0 Å². The lowest BCUT2D eigenvalue weighted by Crippen LogP contribution is -2.37. The van der Waals surface area contributed by atoms with Gasteiger partial charge in [-0.3, -0.25) is 4.79 Å². The van der Waals surface area contributed by atoms with E-state index in [2.05, 4.69) is 5.10 Å². The number of carbonyl (C=O) groups excluding carboxylic acids is 1. The van der Waals surface area contributed by atoms with E-state index < -0.39 is 17.8 Å². The van der Waals surface area contributed by atoms with Gasteiger partial charge in [0.1, 0.15) is 5.69 Å². The predicted octanol–water partition coefficient (Wildman–Crippen LogP) is 6.05. The first-order chi connectivity index (χ1) is 14.7. The fraction of sp³-hybridized carbons (Fsp3) is 0.273. The van der Waals surface area contributed by atoms with Crippen molar-refractivity contribution in [3.8, 4) is 5.69 Å². The summed E-state index contributed by atoms with van der Waals surface area (Å²) < 4.78 is 41.2. The van der Waals surface area contributed by atoms with Crippen LogP contribution in [-0.4, -0.2) is 33.2 Å². The van der Waals surface area contributed by atoms with Gasteiger partial charge in [0.2, 0.25) is 0 Å². The highest BCUT2D eigenvalue weighted by Crippen LogP contribution is 2.32. The third kappa shape index (κ3) is 4.57. The first-order valence-corrected chi connectivity index (χ1v) is 10.5. The second kappa shape index (κ2) is 8.55. The number of amides is 1.